The van der Waals surface area contributed by atoms with Crippen LogP contribution >= 0.6 is 11.3 Å². The molecule has 0 bridgehead atoms. The van der Waals surface area contributed by atoms with Gasteiger partial charge in [0.25, 0.3) is 0 Å². The van der Waals surface area contributed by atoms with Gasteiger partial charge in [-0.25, -0.2) is 0 Å². The van der Waals surface area contributed by atoms with Crippen molar-refractivity contribution in [2.24, 2.45) is 0 Å². The van der Waals surface area contributed by atoms with Crippen LogP contribution in [0.4, 0.5) is 0 Å². The Kier molecular flexibility index (Phi) is 12.4. The average Bonchev–Trinajstić information content (AvgIpc) is 2.58. The Morgan fingerprint density at radius 2 is 1.58 bits per heavy atom. The summed E-state index contributed by atoms with van der Waals surface area (Å²) >= 11 is 1.67. The van der Waals surface area contributed by atoms with E-state index in [2.05, 4.69) is 17.1 Å². The zero-order valence-corrected chi connectivity index (χ0v) is 9.83. The summed E-state index contributed by atoms with van der Waals surface area (Å²) < 4.78 is 0. The minimum atomic E-state index is 1.01. The Hall–Kier alpha value is -0.440. The number of nitrogens with zero attached hydrogens (tertiary/aromatic N) is 2. The van der Waals surface area contributed by atoms with Crippen molar-refractivity contribution in [3.05, 3.63) is 10.0 Å². The Bertz CT molecular complexity index is 173. The lowest BCUT2D eigenvalue weighted by molar-refractivity contribution is 0.966. The van der Waals surface area contributed by atoms with Gasteiger partial charge in [-0.3, -0.25) is 0 Å². The first-order chi connectivity index (χ1) is 5.83. The fourth-order valence-corrected chi connectivity index (χ4v) is 1.13. The van der Waals surface area contributed by atoms with E-state index in [-0.39, 0.29) is 0 Å². The van der Waals surface area contributed by atoms with Crippen LogP contribution in [0.25, 0.3) is 0 Å². The van der Waals surface area contributed by atoms with Crippen LogP contribution in [0.1, 0.15) is 44.6 Å². The Balaban J connectivity index is 0. The van der Waals surface area contributed by atoms with Crippen molar-refractivity contribution < 1.29 is 0 Å². The molecule has 1 heterocycles. The number of rotatable bonds is 1. The average molecular weight is 188 g/mol. The maximum absolute atomic E-state index is 3.90. The zero-order valence-electron chi connectivity index (χ0n) is 9.01. The molecule has 1 aromatic heterocycles. The van der Waals surface area contributed by atoms with Crippen LogP contribution in [0.5, 0.6) is 0 Å². The molecule has 2 nitrogen and oxygen atoms in total. The summed E-state index contributed by atoms with van der Waals surface area (Å²) in [4.78, 5) is 0. The van der Waals surface area contributed by atoms with Crippen LogP contribution in [0.2, 0.25) is 0 Å². The van der Waals surface area contributed by atoms with E-state index in [4.69, 9.17) is 0 Å². The van der Waals surface area contributed by atoms with Gasteiger partial charge < -0.3 is 0 Å². The largest absolute Gasteiger partial charge is 0.144 e. The normalized spacial score (nSPS) is 7.50. The zero-order chi connectivity index (χ0) is 9.98. The molecular weight excluding hydrogens is 168 g/mol. The monoisotopic (exact) mass is 188 g/mol. The molecule has 0 atom stereocenters. The summed E-state index contributed by atoms with van der Waals surface area (Å²) in [6, 6.07) is 0. The third kappa shape index (κ3) is 6.28. The Labute approximate surface area is 80.0 Å². The SMILES string of the molecule is CC.CC.CCc1nnc(C)s1. The van der Waals surface area contributed by atoms with Gasteiger partial charge in [-0.05, 0) is 13.3 Å². The standard InChI is InChI=1S/C5H8N2S.2C2H6/c1-3-5-7-6-4(2)8-5;2*1-2/h3H2,1-2H3;2*1-2H3. The molecule has 0 aliphatic carbocycles. The maximum atomic E-state index is 3.90. The number of hydrogen-bond donors (Lipinski definition) is 0. The first-order valence-electron chi connectivity index (χ1n) is 4.62. The van der Waals surface area contributed by atoms with Crippen molar-refractivity contribution in [1.82, 2.24) is 10.2 Å². The molecule has 0 saturated heterocycles. The van der Waals surface area contributed by atoms with Crippen molar-refractivity contribution in [3.63, 3.8) is 0 Å². The molecule has 0 aromatic carbocycles. The second kappa shape index (κ2) is 10.6. The Morgan fingerprint density at radius 3 is 1.75 bits per heavy atom. The van der Waals surface area contributed by atoms with Gasteiger partial charge >= 0.3 is 0 Å². The fourth-order valence-electron chi connectivity index (χ4n) is 0.480. The van der Waals surface area contributed by atoms with E-state index in [1.807, 2.05) is 34.6 Å². The lowest BCUT2D eigenvalue weighted by Gasteiger charge is -1.75. The van der Waals surface area contributed by atoms with Crippen molar-refractivity contribution in [3.8, 4) is 0 Å². The number of aromatic nitrogens is 2. The summed E-state index contributed by atoms with van der Waals surface area (Å²) in [5.41, 5.74) is 0. The van der Waals surface area contributed by atoms with Gasteiger partial charge in [-0.1, -0.05) is 34.6 Å². The highest BCUT2D eigenvalue weighted by Crippen LogP contribution is 2.06. The van der Waals surface area contributed by atoms with Crippen molar-refractivity contribution >= 4 is 11.3 Å². The molecule has 1 rings (SSSR count). The third-order valence-electron chi connectivity index (χ3n) is 0.870. The maximum Gasteiger partial charge on any atom is 0.117 e. The molecule has 72 valence electrons. The van der Waals surface area contributed by atoms with E-state index in [1.54, 1.807) is 11.3 Å². The highest BCUT2D eigenvalue weighted by molar-refractivity contribution is 7.11. The smallest absolute Gasteiger partial charge is 0.117 e. The first kappa shape index (κ1) is 14.1. The Morgan fingerprint density at radius 1 is 1.08 bits per heavy atom. The lowest BCUT2D eigenvalue weighted by atomic mass is 10.5. The molecule has 0 aliphatic rings. The molecule has 3 heteroatoms. The minimum Gasteiger partial charge on any atom is -0.144 e. The molecule has 0 unspecified atom stereocenters. The summed E-state index contributed by atoms with van der Waals surface area (Å²) in [7, 11) is 0. The van der Waals surface area contributed by atoms with Crippen LogP contribution in [0.15, 0.2) is 0 Å². The van der Waals surface area contributed by atoms with E-state index < -0.39 is 0 Å². The van der Waals surface area contributed by atoms with Gasteiger partial charge in [-0.15, -0.1) is 21.5 Å². The van der Waals surface area contributed by atoms with Crippen molar-refractivity contribution in [1.29, 1.82) is 0 Å². The highest BCUT2D eigenvalue weighted by Gasteiger charge is 1.93. The van der Waals surface area contributed by atoms with Crippen LogP contribution in [0, 0.1) is 6.92 Å². The van der Waals surface area contributed by atoms with Gasteiger partial charge in [0.1, 0.15) is 10.0 Å². The van der Waals surface area contributed by atoms with Crippen LogP contribution in [-0.2, 0) is 6.42 Å². The van der Waals surface area contributed by atoms with E-state index in [0.29, 0.717) is 0 Å². The van der Waals surface area contributed by atoms with Crippen molar-refractivity contribution in [2.45, 2.75) is 48.0 Å². The molecule has 12 heavy (non-hydrogen) atoms. The van der Waals surface area contributed by atoms with Gasteiger partial charge in [-0.2, -0.15) is 0 Å². The quantitative estimate of drug-likeness (QED) is 0.674. The molecule has 0 spiro atoms. The van der Waals surface area contributed by atoms with Crippen LogP contribution < -0.4 is 0 Å². The van der Waals surface area contributed by atoms with Gasteiger partial charge in [0.05, 0.1) is 0 Å². The fraction of sp³-hybridized carbons (Fsp3) is 0.778. The molecule has 0 aliphatic heterocycles. The predicted octanol–water partition coefficient (Wildman–Crippen LogP) is 3.46. The predicted molar refractivity (Wildman–Crippen MR) is 56.7 cm³/mol. The van der Waals surface area contributed by atoms with Gasteiger partial charge in [0.2, 0.25) is 0 Å². The lowest BCUT2D eigenvalue weighted by Crippen LogP contribution is -1.74. The highest BCUT2D eigenvalue weighted by atomic mass is 32.1. The molecule has 0 fully saturated rings. The molecule has 0 radical (unpaired) electrons. The van der Waals surface area contributed by atoms with Gasteiger partial charge in [0, 0.05) is 0 Å². The second-order valence-corrected chi connectivity index (χ2v) is 2.83. The van der Waals surface area contributed by atoms with E-state index in [9.17, 15) is 0 Å². The topological polar surface area (TPSA) is 25.8 Å². The summed E-state index contributed by atoms with van der Waals surface area (Å²) in [5.74, 6) is 0. The molecular formula is C9H20N2S. The van der Waals surface area contributed by atoms with Crippen LogP contribution in [-0.4, -0.2) is 10.2 Å². The van der Waals surface area contributed by atoms with Gasteiger partial charge in [0.15, 0.2) is 0 Å². The second-order valence-electron chi connectivity index (χ2n) is 1.57. The summed E-state index contributed by atoms with van der Waals surface area (Å²) in [6.45, 7) is 12.1. The van der Waals surface area contributed by atoms with Crippen molar-refractivity contribution in [2.75, 3.05) is 0 Å². The molecule has 1 aromatic rings. The summed E-state index contributed by atoms with van der Waals surface area (Å²) in [5, 5.41) is 9.94. The van der Waals surface area contributed by atoms with E-state index in [1.165, 1.54) is 0 Å². The summed E-state index contributed by atoms with van der Waals surface area (Å²) in [6.07, 6.45) is 1.01. The van der Waals surface area contributed by atoms with Crippen LogP contribution in [0.3, 0.4) is 0 Å². The first-order valence-corrected chi connectivity index (χ1v) is 5.43. The molecule has 0 saturated carbocycles. The molecule has 0 amide bonds. The minimum absolute atomic E-state index is 1.01. The van der Waals surface area contributed by atoms with E-state index in [0.717, 1.165) is 16.4 Å². The number of aryl methyl sites for hydroxylation is 2. The third-order valence-corrected chi connectivity index (χ3v) is 1.85. The molecule has 0 N–H and O–H groups in total. The number of hydrogen-bond acceptors (Lipinski definition) is 3. The van der Waals surface area contributed by atoms with E-state index >= 15 is 0 Å².